The van der Waals surface area contributed by atoms with Gasteiger partial charge in [-0.05, 0) is 55.8 Å². The molecule has 0 radical (unpaired) electrons. The second-order valence-electron chi connectivity index (χ2n) is 5.45. The third-order valence-corrected chi connectivity index (χ3v) is 4.79. The Morgan fingerprint density at radius 3 is 2.80 bits per heavy atom. The van der Waals surface area contributed by atoms with E-state index in [-0.39, 0.29) is 0 Å². The highest BCUT2D eigenvalue weighted by molar-refractivity contribution is 9.10. The Labute approximate surface area is 135 Å². The van der Waals surface area contributed by atoms with Crippen molar-refractivity contribution in [1.82, 2.24) is 5.32 Å². The molecule has 0 aliphatic carbocycles. The van der Waals surface area contributed by atoms with Gasteiger partial charge in [-0.25, -0.2) is 0 Å². The smallest absolute Gasteiger partial charge is 0.0469 e. The maximum atomic E-state index is 6.36. The lowest BCUT2D eigenvalue weighted by Gasteiger charge is -2.31. The normalized spacial score (nSPS) is 18.1. The van der Waals surface area contributed by atoms with E-state index in [0.717, 1.165) is 54.9 Å². The minimum Gasteiger partial charge on any atom is -0.381 e. The molecule has 2 nitrogen and oxygen atoms in total. The molecule has 0 saturated carbocycles. The van der Waals surface area contributed by atoms with Crippen molar-refractivity contribution in [3.05, 3.63) is 33.3 Å². The highest BCUT2D eigenvalue weighted by atomic mass is 79.9. The van der Waals surface area contributed by atoms with E-state index in [1.165, 1.54) is 5.56 Å². The van der Waals surface area contributed by atoms with E-state index in [4.69, 9.17) is 16.3 Å². The molecule has 1 aromatic carbocycles. The van der Waals surface area contributed by atoms with Gasteiger partial charge in [0.2, 0.25) is 0 Å². The zero-order valence-corrected chi connectivity index (χ0v) is 14.3. The van der Waals surface area contributed by atoms with Crippen molar-refractivity contribution in [2.45, 2.75) is 38.6 Å². The van der Waals surface area contributed by atoms with E-state index in [1.54, 1.807) is 0 Å². The first-order chi connectivity index (χ1) is 9.70. The summed E-state index contributed by atoms with van der Waals surface area (Å²) in [5.41, 5.74) is 1.23. The quantitative estimate of drug-likeness (QED) is 0.810. The van der Waals surface area contributed by atoms with Crippen molar-refractivity contribution in [2.24, 2.45) is 5.92 Å². The van der Waals surface area contributed by atoms with Crippen LogP contribution in [-0.2, 0) is 11.2 Å². The predicted octanol–water partition coefficient (Wildman–Crippen LogP) is 4.44. The summed E-state index contributed by atoms with van der Waals surface area (Å²) in [6, 6.07) is 6.68. The number of hydrogen-bond donors (Lipinski definition) is 1. The lowest BCUT2D eigenvalue weighted by molar-refractivity contribution is 0.0538. The molecule has 1 unspecified atom stereocenters. The number of nitrogens with one attached hydrogen (secondary N) is 1. The van der Waals surface area contributed by atoms with Crippen LogP contribution in [0, 0.1) is 5.92 Å². The molecule has 2 rings (SSSR count). The Hall–Kier alpha value is -0.0900. The molecule has 1 atom stereocenters. The molecule has 1 aliphatic heterocycles. The monoisotopic (exact) mass is 359 g/mol. The van der Waals surface area contributed by atoms with Gasteiger partial charge in [0.15, 0.2) is 0 Å². The van der Waals surface area contributed by atoms with Crippen LogP contribution in [0.3, 0.4) is 0 Å². The van der Waals surface area contributed by atoms with Gasteiger partial charge in [-0.15, -0.1) is 0 Å². The summed E-state index contributed by atoms with van der Waals surface area (Å²) in [5, 5.41) is 4.56. The molecule has 0 aromatic heterocycles. The number of hydrogen-bond acceptors (Lipinski definition) is 2. The fraction of sp³-hybridized carbons (Fsp3) is 0.625. The maximum absolute atomic E-state index is 6.36. The molecule has 0 amide bonds. The first-order valence-corrected chi connectivity index (χ1v) is 8.63. The second kappa shape index (κ2) is 8.38. The third kappa shape index (κ3) is 4.73. The highest BCUT2D eigenvalue weighted by Crippen LogP contribution is 2.26. The van der Waals surface area contributed by atoms with Gasteiger partial charge in [-0.1, -0.05) is 40.5 Å². The molecule has 20 heavy (non-hydrogen) atoms. The summed E-state index contributed by atoms with van der Waals surface area (Å²) < 4.78 is 6.52. The van der Waals surface area contributed by atoms with Crippen molar-refractivity contribution < 1.29 is 4.74 Å². The molecule has 1 heterocycles. The molecule has 1 aromatic rings. The van der Waals surface area contributed by atoms with E-state index in [0.29, 0.717) is 12.0 Å². The van der Waals surface area contributed by atoms with Crippen LogP contribution in [0.4, 0.5) is 0 Å². The average Bonchev–Trinajstić information content (AvgIpc) is 2.46. The van der Waals surface area contributed by atoms with E-state index in [9.17, 15) is 0 Å². The first kappa shape index (κ1) is 16.3. The van der Waals surface area contributed by atoms with Crippen LogP contribution in [0.25, 0.3) is 0 Å². The highest BCUT2D eigenvalue weighted by Gasteiger charge is 2.24. The van der Waals surface area contributed by atoms with Crippen molar-refractivity contribution in [3.63, 3.8) is 0 Å². The van der Waals surface area contributed by atoms with Crippen LogP contribution in [-0.4, -0.2) is 25.8 Å². The molecule has 1 aliphatic rings. The predicted molar refractivity (Wildman–Crippen MR) is 88.5 cm³/mol. The topological polar surface area (TPSA) is 21.3 Å². The third-order valence-electron chi connectivity index (χ3n) is 3.95. The van der Waals surface area contributed by atoms with Crippen LogP contribution in [0.5, 0.6) is 0 Å². The van der Waals surface area contributed by atoms with E-state index in [2.05, 4.69) is 40.3 Å². The summed E-state index contributed by atoms with van der Waals surface area (Å²) >= 11 is 9.83. The van der Waals surface area contributed by atoms with Crippen LogP contribution in [0.15, 0.2) is 22.7 Å². The summed E-state index contributed by atoms with van der Waals surface area (Å²) in [7, 11) is 0. The lowest BCUT2D eigenvalue weighted by Crippen LogP contribution is -2.41. The Kier molecular flexibility index (Phi) is 6.82. The summed E-state index contributed by atoms with van der Waals surface area (Å²) in [6.07, 6.45) is 4.45. The molecule has 1 saturated heterocycles. The van der Waals surface area contributed by atoms with Crippen molar-refractivity contribution >= 4 is 27.5 Å². The molecule has 0 bridgehead atoms. The SMILES string of the molecule is CCCNC(Cc1ccc(Br)cc1Cl)C1CCOCC1. The number of halogens is 2. The van der Waals surface area contributed by atoms with Crippen molar-refractivity contribution in [2.75, 3.05) is 19.8 Å². The fourth-order valence-corrected chi connectivity index (χ4v) is 3.53. The Bertz CT molecular complexity index is 421. The minimum atomic E-state index is 0.498. The van der Waals surface area contributed by atoms with Crippen molar-refractivity contribution in [1.29, 1.82) is 0 Å². The summed E-state index contributed by atoms with van der Waals surface area (Å²) in [4.78, 5) is 0. The van der Waals surface area contributed by atoms with Gasteiger partial charge in [0.05, 0.1) is 0 Å². The second-order valence-corrected chi connectivity index (χ2v) is 6.77. The van der Waals surface area contributed by atoms with E-state index >= 15 is 0 Å². The Morgan fingerprint density at radius 2 is 2.15 bits per heavy atom. The number of rotatable bonds is 6. The average molecular weight is 361 g/mol. The minimum absolute atomic E-state index is 0.498. The zero-order valence-electron chi connectivity index (χ0n) is 12.0. The van der Waals surface area contributed by atoms with Gasteiger partial charge in [-0.2, -0.15) is 0 Å². The van der Waals surface area contributed by atoms with Crippen LogP contribution in [0.2, 0.25) is 5.02 Å². The molecule has 1 N–H and O–H groups in total. The molecule has 112 valence electrons. The maximum Gasteiger partial charge on any atom is 0.0469 e. The first-order valence-electron chi connectivity index (χ1n) is 7.45. The van der Waals surface area contributed by atoms with Gasteiger partial charge in [0.1, 0.15) is 0 Å². The van der Waals surface area contributed by atoms with Crippen LogP contribution in [0.1, 0.15) is 31.7 Å². The Balaban J connectivity index is 2.05. The molecule has 1 fully saturated rings. The number of ether oxygens (including phenoxy) is 1. The van der Waals surface area contributed by atoms with Gasteiger partial charge in [0.25, 0.3) is 0 Å². The van der Waals surface area contributed by atoms with Gasteiger partial charge < -0.3 is 10.1 Å². The largest absolute Gasteiger partial charge is 0.381 e. The summed E-state index contributed by atoms with van der Waals surface area (Å²) in [6.45, 7) is 5.06. The van der Waals surface area contributed by atoms with Crippen molar-refractivity contribution in [3.8, 4) is 0 Å². The van der Waals surface area contributed by atoms with E-state index in [1.807, 2.05) is 6.07 Å². The fourth-order valence-electron chi connectivity index (χ4n) is 2.78. The molecule has 0 spiro atoms. The zero-order chi connectivity index (χ0) is 14.4. The standard InChI is InChI=1S/C16H23BrClNO/c1-2-7-19-16(12-5-8-20-9-6-12)10-13-3-4-14(17)11-15(13)18/h3-4,11-12,16,19H,2,5-10H2,1H3. The van der Waals surface area contributed by atoms with Gasteiger partial charge >= 0.3 is 0 Å². The molecular weight excluding hydrogens is 338 g/mol. The van der Waals surface area contributed by atoms with E-state index < -0.39 is 0 Å². The summed E-state index contributed by atoms with van der Waals surface area (Å²) in [5.74, 6) is 0.690. The molecular formula is C16H23BrClNO. The van der Waals surface area contributed by atoms with Gasteiger partial charge in [0, 0.05) is 28.8 Å². The van der Waals surface area contributed by atoms with Gasteiger partial charge in [-0.3, -0.25) is 0 Å². The Morgan fingerprint density at radius 1 is 1.40 bits per heavy atom. The molecule has 4 heteroatoms. The van der Waals surface area contributed by atoms with Crippen LogP contribution < -0.4 is 5.32 Å². The van der Waals surface area contributed by atoms with Crippen LogP contribution >= 0.6 is 27.5 Å². The number of benzene rings is 1. The lowest BCUT2D eigenvalue weighted by atomic mass is 9.87.